The summed E-state index contributed by atoms with van der Waals surface area (Å²) in [5, 5.41) is 9.68. The first-order valence-corrected chi connectivity index (χ1v) is 5.77. The van der Waals surface area contributed by atoms with Crippen molar-refractivity contribution in [1.29, 1.82) is 0 Å². The molecular formula is C14H15NO3. The minimum Gasteiger partial charge on any atom is -0.496 e. The molecule has 1 aromatic carbocycles. The summed E-state index contributed by atoms with van der Waals surface area (Å²) < 4.78 is 5.31. The molecule has 1 aromatic heterocycles. The van der Waals surface area contributed by atoms with Gasteiger partial charge in [0.25, 0.3) is 0 Å². The van der Waals surface area contributed by atoms with E-state index in [-0.39, 0.29) is 6.42 Å². The topological polar surface area (TPSA) is 59.4 Å². The number of pyridine rings is 1. The van der Waals surface area contributed by atoms with E-state index in [0.29, 0.717) is 6.42 Å². The number of carbonyl (C=O) groups is 1. The van der Waals surface area contributed by atoms with Crippen molar-refractivity contribution in [2.75, 3.05) is 7.11 Å². The average molecular weight is 245 g/mol. The number of aromatic nitrogens is 1. The highest BCUT2D eigenvalue weighted by Crippen LogP contribution is 2.27. The number of ether oxygens (including phenoxy) is 1. The number of hydrogen-bond acceptors (Lipinski definition) is 3. The Labute approximate surface area is 105 Å². The number of aliphatic carboxylic acids is 1. The molecule has 2 rings (SSSR count). The summed E-state index contributed by atoms with van der Waals surface area (Å²) in [6.45, 7) is 1.98. The maximum atomic E-state index is 10.6. The number of nitrogens with zero attached hydrogens (tertiary/aromatic N) is 1. The standard InChI is InChI=1S/C14H15NO3/c1-9-8-10(6-7-13(16)17)15-11-4-3-5-12(18-2)14(9)11/h3-5,8H,6-7H2,1-2H3,(H,16,17). The van der Waals surface area contributed by atoms with Crippen LogP contribution < -0.4 is 4.74 Å². The number of benzene rings is 1. The van der Waals surface area contributed by atoms with Gasteiger partial charge in [-0.2, -0.15) is 0 Å². The van der Waals surface area contributed by atoms with Crippen LogP contribution in [-0.2, 0) is 11.2 Å². The second-order valence-electron chi connectivity index (χ2n) is 4.18. The van der Waals surface area contributed by atoms with Gasteiger partial charge in [-0.1, -0.05) is 6.07 Å². The first kappa shape index (κ1) is 12.4. The van der Waals surface area contributed by atoms with Crippen LogP contribution in [0.2, 0.25) is 0 Å². The molecule has 0 saturated carbocycles. The van der Waals surface area contributed by atoms with Gasteiger partial charge in [-0.25, -0.2) is 0 Å². The van der Waals surface area contributed by atoms with Crippen LogP contribution in [0.15, 0.2) is 24.3 Å². The van der Waals surface area contributed by atoms with Crippen LogP contribution in [-0.4, -0.2) is 23.2 Å². The molecule has 0 radical (unpaired) electrons. The van der Waals surface area contributed by atoms with E-state index in [1.807, 2.05) is 31.2 Å². The van der Waals surface area contributed by atoms with Crippen LogP contribution in [0.4, 0.5) is 0 Å². The van der Waals surface area contributed by atoms with E-state index in [0.717, 1.165) is 27.9 Å². The Bertz CT molecular complexity index is 593. The highest BCUT2D eigenvalue weighted by atomic mass is 16.5. The Kier molecular flexibility index (Phi) is 3.46. The van der Waals surface area contributed by atoms with Crippen molar-refractivity contribution in [3.63, 3.8) is 0 Å². The highest BCUT2D eigenvalue weighted by molar-refractivity contribution is 5.88. The predicted octanol–water partition coefficient (Wildman–Crippen LogP) is 2.57. The maximum absolute atomic E-state index is 10.6. The number of hydrogen-bond donors (Lipinski definition) is 1. The van der Waals surface area contributed by atoms with Gasteiger partial charge in [0.15, 0.2) is 0 Å². The van der Waals surface area contributed by atoms with Crippen LogP contribution in [0.5, 0.6) is 5.75 Å². The van der Waals surface area contributed by atoms with E-state index in [9.17, 15) is 4.79 Å². The zero-order valence-electron chi connectivity index (χ0n) is 10.4. The van der Waals surface area contributed by atoms with E-state index >= 15 is 0 Å². The van der Waals surface area contributed by atoms with Crippen LogP contribution in [0, 0.1) is 6.92 Å². The molecule has 0 aliphatic carbocycles. The van der Waals surface area contributed by atoms with Crippen molar-refractivity contribution in [3.8, 4) is 5.75 Å². The number of fused-ring (bicyclic) bond motifs is 1. The van der Waals surface area contributed by atoms with E-state index in [4.69, 9.17) is 9.84 Å². The molecule has 4 heteroatoms. The molecule has 0 amide bonds. The quantitative estimate of drug-likeness (QED) is 0.899. The summed E-state index contributed by atoms with van der Waals surface area (Å²) in [5.41, 5.74) is 2.70. The molecular weight excluding hydrogens is 230 g/mol. The van der Waals surface area contributed by atoms with E-state index < -0.39 is 5.97 Å². The third kappa shape index (κ3) is 2.42. The predicted molar refractivity (Wildman–Crippen MR) is 69.0 cm³/mol. The zero-order valence-corrected chi connectivity index (χ0v) is 10.4. The molecule has 0 unspecified atom stereocenters. The largest absolute Gasteiger partial charge is 0.496 e. The minimum atomic E-state index is -0.805. The fourth-order valence-corrected chi connectivity index (χ4v) is 2.05. The summed E-state index contributed by atoms with van der Waals surface area (Å²) in [6, 6.07) is 7.62. The van der Waals surface area contributed by atoms with Gasteiger partial charge in [0.1, 0.15) is 5.75 Å². The van der Waals surface area contributed by atoms with Crippen LogP contribution in [0.3, 0.4) is 0 Å². The maximum Gasteiger partial charge on any atom is 0.303 e. The van der Waals surface area contributed by atoms with Gasteiger partial charge in [0.2, 0.25) is 0 Å². The molecule has 1 heterocycles. The lowest BCUT2D eigenvalue weighted by molar-refractivity contribution is -0.136. The molecule has 0 aliphatic heterocycles. The lowest BCUT2D eigenvalue weighted by atomic mass is 10.1. The van der Waals surface area contributed by atoms with E-state index in [1.54, 1.807) is 7.11 Å². The summed E-state index contributed by atoms with van der Waals surface area (Å²) in [7, 11) is 1.63. The minimum absolute atomic E-state index is 0.0991. The smallest absolute Gasteiger partial charge is 0.303 e. The van der Waals surface area contributed by atoms with Gasteiger partial charge in [-0.05, 0) is 30.7 Å². The molecule has 1 N–H and O–H groups in total. The highest BCUT2D eigenvalue weighted by Gasteiger charge is 2.08. The molecule has 0 aliphatic rings. The third-order valence-electron chi connectivity index (χ3n) is 2.86. The van der Waals surface area contributed by atoms with Crippen LogP contribution >= 0.6 is 0 Å². The summed E-state index contributed by atoms with van der Waals surface area (Å²) >= 11 is 0. The average Bonchev–Trinajstić information content (AvgIpc) is 2.35. The molecule has 94 valence electrons. The number of carboxylic acid groups (broad SMARTS) is 1. The zero-order chi connectivity index (χ0) is 13.1. The van der Waals surface area contributed by atoms with Crippen molar-refractivity contribution in [2.45, 2.75) is 19.8 Å². The Hall–Kier alpha value is -2.10. The van der Waals surface area contributed by atoms with Gasteiger partial charge in [0.05, 0.1) is 19.0 Å². The van der Waals surface area contributed by atoms with Crippen molar-refractivity contribution in [2.24, 2.45) is 0 Å². The van der Waals surface area contributed by atoms with Gasteiger partial charge < -0.3 is 9.84 Å². The lowest BCUT2D eigenvalue weighted by Gasteiger charge is -2.09. The molecule has 4 nitrogen and oxygen atoms in total. The Morgan fingerprint density at radius 2 is 2.22 bits per heavy atom. The Morgan fingerprint density at radius 3 is 2.89 bits per heavy atom. The van der Waals surface area contributed by atoms with Crippen molar-refractivity contribution in [3.05, 3.63) is 35.5 Å². The van der Waals surface area contributed by atoms with Crippen molar-refractivity contribution < 1.29 is 14.6 Å². The molecule has 0 fully saturated rings. The Balaban J connectivity index is 2.46. The number of rotatable bonds is 4. The first-order chi connectivity index (χ1) is 8.61. The summed E-state index contributed by atoms with van der Waals surface area (Å²) in [4.78, 5) is 15.0. The first-order valence-electron chi connectivity index (χ1n) is 5.77. The van der Waals surface area contributed by atoms with Gasteiger partial charge in [0, 0.05) is 17.5 Å². The molecule has 0 bridgehead atoms. The molecule has 18 heavy (non-hydrogen) atoms. The number of methoxy groups -OCH3 is 1. The van der Waals surface area contributed by atoms with Crippen molar-refractivity contribution >= 4 is 16.9 Å². The fourth-order valence-electron chi connectivity index (χ4n) is 2.05. The van der Waals surface area contributed by atoms with Gasteiger partial charge in [-0.15, -0.1) is 0 Å². The molecule has 0 atom stereocenters. The second-order valence-corrected chi connectivity index (χ2v) is 4.18. The van der Waals surface area contributed by atoms with E-state index in [1.165, 1.54) is 0 Å². The lowest BCUT2D eigenvalue weighted by Crippen LogP contribution is -2.00. The molecule has 0 saturated heterocycles. The van der Waals surface area contributed by atoms with Crippen molar-refractivity contribution in [1.82, 2.24) is 4.98 Å². The van der Waals surface area contributed by atoms with E-state index in [2.05, 4.69) is 4.98 Å². The summed E-state index contributed by atoms with van der Waals surface area (Å²) in [6.07, 6.45) is 0.547. The SMILES string of the molecule is COc1cccc2nc(CCC(=O)O)cc(C)c12. The third-order valence-corrected chi connectivity index (χ3v) is 2.86. The second kappa shape index (κ2) is 5.04. The number of carboxylic acids is 1. The van der Waals surface area contributed by atoms with Gasteiger partial charge in [-0.3, -0.25) is 9.78 Å². The molecule has 0 spiro atoms. The van der Waals surface area contributed by atoms with Crippen LogP contribution in [0.1, 0.15) is 17.7 Å². The van der Waals surface area contributed by atoms with Crippen LogP contribution in [0.25, 0.3) is 10.9 Å². The Morgan fingerprint density at radius 1 is 1.44 bits per heavy atom. The van der Waals surface area contributed by atoms with Gasteiger partial charge >= 0.3 is 5.97 Å². The monoisotopic (exact) mass is 245 g/mol. The fraction of sp³-hybridized carbons (Fsp3) is 0.286. The number of aryl methyl sites for hydroxylation is 2. The summed E-state index contributed by atoms with van der Waals surface area (Å²) in [5.74, 6) is -0.0116. The molecule has 2 aromatic rings. The normalized spacial score (nSPS) is 10.6.